The van der Waals surface area contributed by atoms with Gasteiger partial charge in [-0.3, -0.25) is 9.36 Å². The molecule has 4 aromatic rings. The number of nitrogens with zero attached hydrogens (tertiary/aromatic N) is 4. The van der Waals surface area contributed by atoms with E-state index in [1.165, 1.54) is 27.4 Å². The van der Waals surface area contributed by atoms with Crippen LogP contribution in [0.15, 0.2) is 48.8 Å². The fourth-order valence-corrected chi connectivity index (χ4v) is 4.90. The molecule has 1 aliphatic rings. The Labute approximate surface area is 184 Å². The summed E-state index contributed by atoms with van der Waals surface area (Å²) in [5.74, 6) is 1.40. The molecule has 0 radical (unpaired) electrons. The number of aryl methyl sites for hydroxylation is 1. The summed E-state index contributed by atoms with van der Waals surface area (Å²) in [5.41, 5.74) is 5.03. The highest BCUT2D eigenvalue weighted by Crippen LogP contribution is 2.36. The van der Waals surface area contributed by atoms with Crippen LogP contribution >= 0.6 is 0 Å². The van der Waals surface area contributed by atoms with Crippen molar-refractivity contribution >= 4 is 21.8 Å². The standard InChI is InChI=1S/C26H32N4O/c1-5-29-14-22-9-7-20(11-24(22)28-29)18(4)10-23-15-31-16-26(23)30-25-12-19(17(2)3)6-8-21(25)13-27-30/h6-9,11-14,17-18,23,26H,5,10,15-16H2,1-4H3. The molecule has 0 spiro atoms. The van der Waals surface area contributed by atoms with E-state index in [-0.39, 0.29) is 6.04 Å². The van der Waals surface area contributed by atoms with Gasteiger partial charge >= 0.3 is 0 Å². The summed E-state index contributed by atoms with van der Waals surface area (Å²) in [4.78, 5) is 0. The van der Waals surface area contributed by atoms with Crippen molar-refractivity contribution in [3.63, 3.8) is 0 Å². The lowest BCUT2D eigenvalue weighted by atomic mass is 9.87. The highest BCUT2D eigenvalue weighted by Gasteiger charge is 2.32. The lowest BCUT2D eigenvalue weighted by Crippen LogP contribution is -2.20. The van der Waals surface area contributed by atoms with Crippen LogP contribution < -0.4 is 0 Å². The fourth-order valence-electron chi connectivity index (χ4n) is 4.90. The van der Waals surface area contributed by atoms with Crippen LogP contribution in [0.25, 0.3) is 21.8 Å². The molecule has 0 saturated carbocycles. The van der Waals surface area contributed by atoms with E-state index in [1.807, 2.05) is 10.9 Å². The number of benzene rings is 2. The van der Waals surface area contributed by atoms with Crippen LogP contribution in [0, 0.1) is 5.92 Å². The molecule has 3 atom stereocenters. The van der Waals surface area contributed by atoms with Gasteiger partial charge in [0.1, 0.15) is 0 Å². The molecule has 0 bridgehead atoms. The number of hydrogen-bond donors (Lipinski definition) is 0. The maximum Gasteiger partial charge on any atom is 0.0926 e. The summed E-state index contributed by atoms with van der Waals surface area (Å²) in [7, 11) is 0. The maximum absolute atomic E-state index is 5.97. The smallest absolute Gasteiger partial charge is 0.0926 e. The van der Waals surface area contributed by atoms with Crippen LogP contribution in [0.2, 0.25) is 0 Å². The summed E-state index contributed by atoms with van der Waals surface area (Å²) in [6.07, 6.45) is 5.20. The minimum Gasteiger partial charge on any atom is -0.379 e. The Morgan fingerprint density at radius 3 is 2.65 bits per heavy atom. The van der Waals surface area contributed by atoms with Gasteiger partial charge in [-0.25, -0.2) is 0 Å². The lowest BCUT2D eigenvalue weighted by Gasteiger charge is -2.23. The molecule has 3 unspecified atom stereocenters. The largest absolute Gasteiger partial charge is 0.379 e. The van der Waals surface area contributed by atoms with Crippen molar-refractivity contribution in [1.29, 1.82) is 0 Å². The van der Waals surface area contributed by atoms with Crippen molar-refractivity contribution in [3.8, 4) is 0 Å². The highest BCUT2D eigenvalue weighted by atomic mass is 16.5. The zero-order valence-electron chi connectivity index (χ0n) is 19.0. The average Bonchev–Trinajstić information content (AvgIpc) is 3.49. The highest BCUT2D eigenvalue weighted by molar-refractivity contribution is 5.80. The van der Waals surface area contributed by atoms with Gasteiger partial charge in [-0.2, -0.15) is 10.2 Å². The molecule has 1 fully saturated rings. The molecule has 0 amide bonds. The topological polar surface area (TPSA) is 44.9 Å². The first-order valence-electron chi connectivity index (χ1n) is 11.6. The SMILES string of the molecule is CCn1cc2ccc(C(C)CC3COCC3n3ncc4ccc(C(C)C)cc43)cc2n1. The summed E-state index contributed by atoms with van der Waals surface area (Å²) < 4.78 is 10.2. The van der Waals surface area contributed by atoms with E-state index < -0.39 is 0 Å². The summed E-state index contributed by atoms with van der Waals surface area (Å²) in [6, 6.07) is 13.7. The summed E-state index contributed by atoms with van der Waals surface area (Å²) >= 11 is 0. The van der Waals surface area contributed by atoms with Crippen LogP contribution in [0.3, 0.4) is 0 Å². The second-order valence-corrected chi connectivity index (χ2v) is 9.37. The van der Waals surface area contributed by atoms with E-state index in [0.717, 1.165) is 31.7 Å². The zero-order chi connectivity index (χ0) is 21.5. The molecule has 3 heterocycles. The predicted molar refractivity (Wildman–Crippen MR) is 126 cm³/mol. The van der Waals surface area contributed by atoms with Gasteiger partial charge < -0.3 is 4.74 Å². The first kappa shape index (κ1) is 20.3. The van der Waals surface area contributed by atoms with E-state index in [4.69, 9.17) is 14.9 Å². The number of rotatable bonds is 6. The minimum absolute atomic E-state index is 0.283. The van der Waals surface area contributed by atoms with E-state index in [1.54, 1.807) is 0 Å². The Kier molecular flexibility index (Phi) is 5.30. The van der Waals surface area contributed by atoms with Gasteiger partial charge in [-0.1, -0.05) is 45.0 Å². The predicted octanol–water partition coefficient (Wildman–Crippen LogP) is 5.91. The Morgan fingerprint density at radius 1 is 1.03 bits per heavy atom. The van der Waals surface area contributed by atoms with Crippen molar-refractivity contribution < 1.29 is 4.74 Å². The number of hydrogen-bond acceptors (Lipinski definition) is 3. The Morgan fingerprint density at radius 2 is 1.84 bits per heavy atom. The van der Waals surface area contributed by atoms with Crippen molar-refractivity contribution in [2.45, 2.75) is 58.5 Å². The summed E-state index contributed by atoms with van der Waals surface area (Å²) in [6.45, 7) is 11.4. The van der Waals surface area contributed by atoms with Crippen LogP contribution in [0.1, 0.15) is 63.1 Å². The van der Waals surface area contributed by atoms with Gasteiger partial charge in [0.25, 0.3) is 0 Å². The monoisotopic (exact) mass is 416 g/mol. The van der Waals surface area contributed by atoms with E-state index in [9.17, 15) is 0 Å². The van der Waals surface area contributed by atoms with Crippen molar-refractivity contribution in [1.82, 2.24) is 19.6 Å². The molecule has 5 nitrogen and oxygen atoms in total. The molecule has 31 heavy (non-hydrogen) atoms. The molecular weight excluding hydrogens is 384 g/mol. The molecule has 1 aliphatic heterocycles. The molecule has 5 rings (SSSR count). The molecule has 0 N–H and O–H groups in total. The van der Waals surface area contributed by atoms with Gasteiger partial charge in [0, 0.05) is 29.4 Å². The fraction of sp³-hybridized carbons (Fsp3) is 0.462. The van der Waals surface area contributed by atoms with Gasteiger partial charge in [-0.05, 0) is 48.4 Å². The molecule has 2 aromatic carbocycles. The van der Waals surface area contributed by atoms with Gasteiger partial charge in [0.05, 0.1) is 36.5 Å². The average molecular weight is 417 g/mol. The first-order valence-corrected chi connectivity index (χ1v) is 11.6. The van der Waals surface area contributed by atoms with Crippen LogP contribution in [0.5, 0.6) is 0 Å². The van der Waals surface area contributed by atoms with Crippen LogP contribution in [-0.4, -0.2) is 32.8 Å². The molecular formula is C26H32N4O. The zero-order valence-corrected chi connectivity index (χ0v) is 19.0. The summed E-state index contributed by atoms with van der Waals surface area (Å²) in [5, 5.41) is 11.9. The van der Waals surface area contributed by atoms with E-state index >= 15 is 0 Å². The van der Waals surface area contributed by atoms with E-state index in [2.05, 4.69) is 75.0 Å². The third-order valence-corrected chi connectivity index (χ3v) is 6.90. The molecule has 2 aromatic heterocycles. The van der Waals surface area contributed by atoms with Gasteiger partial charge in [0.15, 0.2) is 0 Å². The Balaban J connectivity index is 1.39. The van der Waals surface area contributed by atoms with Gasteiger partial charge in [-0.15, -0.1) is 0 Å². The molecule has 162 valence electrons. The number of aromatic nitrogens is 4. The second-order valence-electron chi connectivity index (χ2n) is 9.37. The third kappa shape index (κ3) is 3.76. The van der Waals surface area contributed by atoms with Crippen LogP contribution in [0.4, 0.5) is 0 Å². The van der Waals surface area contributed by atoms with Crippen LogP contribution in [-0.2, 0) is 11.3 Å². The molecule has 1 saturated heterocycles. The normalized spacial score (nSPS) is 20.3. The van der Waals surface area contributed by atoms with Crippen molar-refractivity contribution in [2.75, 3.05) is 13.2 Å². The quantitative estimate of drug-likeness (QED) is 0.392. The van der Waals surface area contributed by atoms with Crippen molar-refractivity contribution in [2.24, 2.45) is 5.92 Å². The lowest BCUT2D eigenvalue weighted by molar-refractivity contribution is 0.178. The van der Waals surface area contributed by atoms with Crippen molar-refractivity contribution in [3.05, 3.63) is 59.9 Å². The minimum atomic E-state index is 0.283. The number of ether oxygens (including phenoxy) is 1. The Hall–Kier alpha value is -2.66. The van der Waals surface area contributed by atoms with Gasteiger partial charge in [0.2, 0.25) is 0 Å². The molecule has 0 aliphatic carbocycles. The number of fused-ring (bicyclic) bond motifs is 2. The first-order chi connectivity index (χ1) is 15.0. The molecule has 5 heteroatoms. The Bertz CT molecular complexity index is 1200. The van der Waals surface area contributed by atoms with E-state index in [0.29, 0.717) is 17.8 Å². The maximum atomic E-state index is 5.97. The second kappa shape index (κ2) is 8.12. The third-order valence-electron chi connectivity index (χ3n) is 6.90.